The molecule has 0 aliphatic carbocycles. The van der Waals surface area contributed by atoms with Crippen LogP contribution >= 0.6 is 0 Å². The highest BCUT2D eigenvalue weighted by Gasteiger charge is 2.22. The van der Waals surface area contributed by atoms with Crippen molar-refractivity contribution in [1.29, 1.82) is 0 Å². The summed E-state index contributed by atoms with van der Waals surface area (Å²) < 4.78 is 1.38. The summed E-state index contributed by atoms with van der Waals surface area (Å²) in [6, 6.07) is 7.01. The second-order valence-corrected chi connectivity index (χ2v) is 7.82. The van der Waals surface area contributed by atoms with Gasteiger partial charge in [0.2, 0.25) is 0 Å². The Hall–Kier alpha value is -2.21. The standard InChI is InChI=1S/C19H28N4O2/c1-13(2)23-18(25)15-10-8-7-9-14(15)16(21-23)17(24)20-11-19(3,4)12-22(5)6/h7-10,13H,11-12H2,1-6H3,(H,20,24). The SMILES string of the molecule is CC(C)n1nc(C(=O)NCC(C)(C)CN(C)C)c2ccccc2c1=O. The average molecular weight is 344 g/mol. The number of hydrogen-bond donors (Lipinski definition) is 1. The van der Waals surface area contributed by atoms with E-state index in [1.54, 1.807) is 18.2 Å². The van der Waals surface area contributed by atoms with Crippen molar-refractivity contribution in [2.24, 2.45) is 5.41 Å². The van der Waals surface area contributed by atoms with Crippen LogP contribution in [-0.2, 0) is 0 Å². The van der Waals surface area contributed by atoms with E-state index < -0.39 is 0 Å². The molecule has 6 nitrogen and oxygen atoms in total. The molecule has 0 spiro atoms. The number of hydrogen-bond acceptors (Lipinski definition) is 4. The van der Waals surface area contributed by atoms with Gasteiger partial charge >= 0.3 is 0 Å². The molecule has 136 valence electrons. The molecular weight excluding hydrogens is 316 g/mol. The Balaban J connectivity index is 2.38. The smallest absolute Gasteiger partial charge is 0.274 e. The van der Waals surface area contributed by atoms with Crippen LogP contribution in [0, 0.1) is 5.41 Å². The predicted molar refractivity (Wildman–Crippen MR) is 101 cm³/mol. The Labute approximate surface area is 148 Å². The Bertz CT molecular complexity index is 822. The van der Waals surface area contributed by atoms with E-state index in [9.17, 15) is 9.59 Å². The second kappa shape index (κ2) is 7.35. The van der Waals surface area contributed by atoms with Crippen LogP contribution in [0.3, 0.4) is 0 Å². The first-order valence-electron chi connectivity index (χ1n) is 8.57. The van der Waals surface area contributed by atoms with Crippen LogP contribution < -0.4 is 10.9 Å². The van der Waals surface area contributed by atoms with Crippen molar-refractivity contribution in [1.82, 2.24) is 20.0 Å². The molecule has 1 N–H and O–H groups in total. The number of nitrogens with zero attached hydrogens (tertiary/aromatic N) is 3. The largest absolute Gasteiger partial charge is 0.350 e. The van der Waals surface area contributed by atoms with E-state index in [-0.39, 0.29) is 22.9 Å². The van der Waals surface area contributed by atoms with Crippen molar-refractivity contribution in [2.75, 3.05) is 27.2 Å². The van der Waals surface area contributed by atoms with Crippen molar-refractivity contribution in [3.63, 3.8) is 0 Å². The van der Waals surface area contributed by atoms with Crippen LogP contribution in [0.4, 0.5) is 0 Å². The molecular formula is C19H28N4O2. The Kier molecular flexibility index (Phi) is 5.62. The Morgan fingerprint density at radius 1 is 1.24 bits per heavy atom. The summed E-state index contributed by atoms with van der Waals surface area (Å²) in [4.78, 5) is 27.4. The van der Waals surface area contributed by atoms with Gasteiger partial charge in [0, 0.05) is 18.5 Å². The molecule has 0 fully saturated rings. The highest BCUT2D eigenvalue weighted by molar-refractivity contribution is 6.04. The third-order valence-electron chi connectivity index (χ3n) is 4.00. The maximum Gasteiger partial charge on any atom is 0.274 e. The highest BCUT2D eigenvalue weighted by Crippen LogP contribution is 2.17. The van der Waals surface area contributed by atoms with E-state index >= 15 is 0 Å². The molecule has 1 aromatic carbocycles. The predicted octanol–water partition coefficient (Wildman–Crippen LogP) is 2.29. The molecule has 0 saturated heterocycles. The summed E-state index contributed by atoms with van der Waals surface area (Å²) in [6.07, 6.45) is 0. The van der Waals surface area contributed by atoms with Gasteiger partial charge in [-0.2, -0.15) is 5.10 Å². The number of fused-ring (bicyclic) bond motifs is 1. The molecule has 2 rings (SSSR count). The van der Waals surface area contributed by atoms with Gasteiger partial charge in [0.1, 0.15) is 0 Å². The van der Waals surface area contributed by atoms with Crippen molar-refractivity contribution in [2.45, 2.75) is 33.7 Å². The lowest BCUT2D eigenvalue weighted by molar-refractivity contribution is 0.0923. The molecule has 2 aromatic rings. The maximum atomic E-state index is 12.8. The van der Waals surface area contributed by atoms with E-state index in [2.05, 4.69) is 29.2 Å². The third kappa shape index (κ3) is 4.45. The van der Waals surface area contributed by atoms with Gasteiger partial charge in [0.15, 0.2) is 5.69 Å². The zero-order chi connectivity index (χ0) is 18.8. The first-order valence-corrected chi connectivity index (χ1v) is 8.57. The zero-order valence-corrected chi connectivity index (χ0v) is 16.0. The third-order valence-corrected chi connectivity index (χ3v) is 4.00. The first kappa shape index (κ1) is 19.1. The van der Waals surface area contributed by atoms with Crippen LogP contribution in [0.15, 0.2) is 29.1 Å². The fourth-order valence-corrected chi connectivity index (χ4v) is 3.04. The first-order chi connectivity index (χ1) is 11.6. The van der Waals surface area contributed by atoms with Gasteiger partial charge in [-0.05, 0) is 39.4 Å². The summed E-state index contributed by atoms with van der Waals surface area (Å²) in [5, 5.41) is 8.43. The number of benzene rings is 1. The molecule has 0 radical (unpaired) electrons. The number of aromatic nitrogens is 2. The van der Waals surface area contributed by atoms with Crippen LogP contribution in [0.2, 0.25) is 0 Å². The minimum absolute atomic E-state index is 0.0680. The van der Waals surface area contributed by atoms with Crippen molar-refractivity contribution in [3.05, 3.63) is 40.3 Å². The highest BCUT2D eigenvalue weighted by atomic mass is 16.2. The average Bonchev–Trinajstić information content (AvgIpc) is 2.52. The number of amides is 1. The van der Waals surface area contributed by atoms with E-state index in [0.717, 1.165) is 6.54 Å². The normalized spacial score (nSPS) is 12.2. The van der Waals surface area contributed by atoms with Gasteiger partial charge in [-0.3, -0.25) is 9.59 Å². The Morgan fingerprint density at radius 2 is 1.84 bits per heavy atom. The van der Waals surface area contributed by atoms with Gasteiger partial charge in [0.05, 0.1) is 11.4 Å². The van der Waals surface area contributed by atoms with Crippen molar-refractivity contribution >= 4 is 16.7 Å². The summed E-state index contributed by atoms with van der Waals surface area (Å²) in [5.41, 5.74) is 0.0567. The van der Waals surface area contributed by atoms with Gasteiger partial charge in [-0.25, -0.2) is 4.68 Å². The number of nitrogens with one attached hydrogen (secondary N) is 1. The molecule has 0 aliphatic rings. The van der Waals surface area contributed by atoms with E-state index in [0.29, 0.717) is 23.0 Å². The molecule has 0 unspecified atom stereocenters. The molecule has 0 saturated carbocycles. The lowest BCUT2D eigenvalue weighted by Gasteiger charge is -2.28. The molecule has 1 aromatic heterocycles. The fourth-order valence-electron chi connectivity index (χ4n) is 3.04. The quantitative estimate of drug-likeness (QED) is 0.873. The molecule has 1 heterocycles. The van der Waals surface area contributed by atoms with E-state index in [1.165, 1.54) is 4.68 Å². The van der Waals surface area contributed by atoms with Gasteiger partial charge in [-0.15, -0.1) is 0 Å². The summed E-state index contributed by atoms with van der Waals surface area (Å²) >= 11 is 0. The topological polar surface area (TPSA) is 67.2 Å². The molecule has 1 amide bonds. The molecule has 0 atom stereocenters. The fraction of sp³-hybridized carbons (Fsp3) is 0.526. The summed E-state index contributed by atoms with van der Waals surface area (Å²) in [7, 11) is 4.02. The molecule has 0 bridgehead atoms. The van der Waals surface area contributed by atoms with Crippen LogP contribution in [0.5, 0.6) is 0 Å². The summed E-state index contributed by atoms with van der Waals surface area (Å²) in [6.45, 7) is 9.35. The van der Waals surface area contributed by atoms with Crippen LogP contribution in [0.25, 0.3) is 10.8 Å². The van der Waals surface area contributed by atoms with Gasteiger partial charge < -0.3 is 10.2 Å². The molecule has 6 heteroatoms. The monoisotopic (exact) mass is 344 g/mol. The van der Waals surface area contributed by atoms with Gasteiger partial charge in [0.25, 0.3) is 11.5 Å². The minimum Gasteiger partial charge on any atom is -0.350 e. The second-order valence-electron chi connectivity index (χ2n) is 7.82. The van der Waals surface area contributed by atoms with Crippen molar-refractivity contribution in [3.8, 4) is 0 Å². The van der Waals surface area contributed by atoms with Gasteiger partial charge in [-0.1, -0.05) is 32.0 Å². The van der Waals surface area contributed by atoms with E-state index in [4.69, 9.17) is 0 Å². The number of rotatable bonds is 6. The van der Waals surface area contributed by atoms with Crippen LogP contribution in [-0.4, -0.2) is 47.8 Å². The van der Waals surface area contributed by atoms with Crippen molar-refractivity contribution < 1.29 is 4.79 Å². The molecule has 0 aliphatic heterocycles. The Morgan fingerprint density at radius 3 is 2.40 bits per heavy atom. The molecule has 25 heavy (non-hydrogen) atoms. The minimum atomic E-state index is -0.252. The number of carbonyl (C=O) groups excluding carboxylic acids is 1. The lowest BCUT2D eigenvalue weighted by atomic mass is 9.93. The number of carbonyl (C=O) groups is 1. The lowest BCUT2D eigenvalue weighted by Crippen LogP contribution is -2.40. The van der Waals surface area contributed by atoms with Crippen LogP contribution in [0.1, 0.15) is 44.2 Å². The zero-order valence-electron chi connectivity index (χ0n) is 16.0. The summed E-state index contributed by atoms with van der Waals surface area (Å²) in [5.74, 6) is -0.252. The van der Waals surface area contributed by atoms with E-state index in [1.807, 2.05) is 34.0 Å². The maximum absolute atomic E-state index is 12.8.